The fraction of sp³-hybridized carbons (Fsp3) is 0.655. The minimum Gasteiger partial charge on any atom is -0.357 e. The number of carbonyl (C=O) groups excluding carboxylic acids is 1. The molecule has 3 heterocycles. The maximum absolute atomic E-state index is 13.4. The lowest BCUT2D eigenvalue weighted by atomic mass is 9.97. The van der Waals surface area contributed by atoms with Crippen LogP contribution in [-0.2, 0) is 11.3 Å². The number of nitrogens with zero attached hydrogens (tertiary/aromatic N) is 4. The maximum atomic E-state index is 13.4. The van der Waals surface area contributed by atoms with Crippen molar-refractivity contribution in [3.05, 3.63) is 31.9 Å². The topological polar surface area (TPSA) is 69.3 Å². The highest BCUT2D eigenvalue weighted by atomic mass is 32.2. The fourth-order valence-corrected chi connectivity index (χ4v) is 6.39. The lowest BCUT2D eigenvalue weighted by Gasteiger charge is -2.35. The van der Waals surface area contributed by atoms with Crippen molar-refractivity contribution in [2.24, 2.45) is 5.92 Å². The van der Waals surface area contributed by atoms with E-state index in [0.29, 0.717) is 33.8 Å². The molecule has 0 unspecified atom stereocenters. The highest BCUT2D eigenvalue weighted by Gasteiger charge is 2.33. The minimum absolute atomic E-state index is 0.0639. The molecule has 6 nitrogen and oxygen atoms in total. The molecule has 0 N–H and O–H groups in total. The van der Waals surface area contributed by atoms with Gasteiger partial charge in [-0.25, -0.2) is 0 Å². The van der Waals surface area contributed by atoms with Crippen molar-refractivity contribution in [2.75, 3.05) is 24.5 Å². The van der Waals surface area contributed by atoms with Crippen molar-refractivity contribution in [3.63, 3.8) is 0 Å². The zero-order chi connectivity index (χ0) is 26.9. The zero-order valence-corrected chi connectivity index (χ0v) is 24.6. The summed E-state index contributed by atoms with van der Waals surface area (Å²) in [6.07, 6.45) is 12.8. The number of unbranched alkanes of at least 4 members (excludes halogenated alkanes) is 6. The zero-order valence-electron chi connectivity index (χ0n) is 23.0. The molecule has 0 radical (unpaired) electrons. The molecule has 202 valence electrons. The van der Waals surface area contributed by atoms with Gasteiger partial charge >= 0.3 is 0 Å². The van der Waals surface area contributed by atoms with Gasteiger partial charge in [-0.3, -0.25) is 19.1 Å². The van der Waals surface area contributed by atoms with Crippen LogP contribution < -0.4 is 10.5 Å². The smallest absolute Gasteiger partial charge is 0.270 e. The maximum Gasteiger partial charge on any atom is 0.270 e. The van der Waals surface area contributed by atoms with E-state index in [0.717, 1.165) is 63.0 Å². The first-order valence-electron chi connectivity index (χ1n) is 14.0. The molecule has 0 saturated carbocycles. The van der Waals surface area contributed by atoms with E-state index in [-0.39, 0.29) is 17.0 Å². The van der Waals surface area contributed by atoms with Gasteiger partial charge in [-0.1, -0.05) is 83.3 Å². The SMILES string of the molecule is CCCCCCCCN1C(=O)C(=Cc2c(C)c(C#N)c(=O)n(CCCC)c2N2CCC(C)CC2)SC1=S. The number of hydrogen-bond donors (Lipinski definition) is 0. The van der Waals surface area contributed by atoms with Crippen molar-refractivity contribution in [2.45, 2.75) is 98.4 Å². The normalized spacial score (nSPS) is 17.8. The molecule has 0 aliphatic carbocycles. The van der Waals surface area contributed by atoms with Gasteiger partial charge < -0.3 is 4.90 Å². The Balaban J connectivity index is 1.98. The lowest BCUT2D eigenvalue weighted by molar-refractivity contribution is -0.122. The highest BCUT2D eigenvalue weighted by molar-refractivity contribution is 8.26. The molecule has 8 heteroatoms. The summed E-state index contributed by atoms with van der Waals surface area (Å²) in [5.41, 5.74) is 1.39. The average Bonchev–Trinajstić information content (AvgIpc) is 3.15. The third kappa shape index (κ3) is 7.06. The van der Waals surface area contributed by atoms with E-state index < -0.39 is 0 Å². The van der Waals surface area contributed by atoms with Crippen LogP contribution in [0, 0.1) is 24.2 Å². The van der Waals surface area contributed by atoms with Crippen LogP contribution in [0.3, 0.4) is 0 Å². The second kappa shape index (κ2) is 14.2. The van der Waals surface area contributed by atoms with Gasteiger partial charge in [-0.2, -0.15) is 5.26 Å². The van der Waals surface area contributed by atoms with Crippen LogP contribution in [0.1, 0.15) is 102 Å². The van der Waals surface area contributed by atoms with Gasteiger partial charge in [0.1, 0.15) is 21.8 Å². The van der Waals surface area contributed by atoms with Gasteiger partial charge in [0.25, 0.3) is 11.5 Å². The largest absolute Gasteiger partial charge is 0.357 e. The Morgan fingerprint density at radius 1 is 1.03 bits per heavy atom. The molecule has 1 amide bonds. The Bertz CT molecular complexity index is 1110. The number of nitriles is 1. The van der Waals surface area contributed by atoms with Crippen LogP contribution in [0.15, 0.2) is 9.70 Å². The second-order valence-corrected chi connectivity index (χ2v) is 12.1. The number of carbonyl (C=O) groups is 1. The first kappa shape index (κ1) is 29.4. The summed E-state index contributed by atoms with van der Waals surface area (Å²) in [5.74, 6) is 1.43. The second-order valence-electron chi connectivity index (χ2n) is 10.4. The molecule has 0 spiro atoms. The number of aromatic nitrogens is 1. The first-order valence-corrected chi connectivity index (χ1v) is 15.2. The fourth-order valence-electron chi connectivity index (χ4n) is 5.10. The molecule has 2 aliphatic rings. The highest BCUT2D eigenvalue weighted by Crippen LogP contribution is 2.37. The summed E-state index contributed by atoms with van der Waals surface area (Å²) in [6.45, 7) is 11.3. The summed E-state index contributed by atoms with van der Waals surface area (Å²) < 4.78 is 2.38. The van der Waals surface area contributed by atoms with Crippen LogP contribution >= 0.6 is 24.0 Å². The standard InChI is InChI=1S/C29H42N4O2S2/c1-5-7-9-10-11-12-16-33-28(35)25(37-29(33)36)19-23-22(4)24(20-30)27(34)32(15-8-6-2)26(23)31-17-13-21(3)14-18-31/h19,21H,5-18H2,1-4H3. The Hall–Kier alpha value is -2.11. The molecule has 1 aromatic heterocycles. The van der Waals surface area contributed by atoms with E-state index in [2.05, 4.69) is 31.7 Å². The molecular weight excluding hydrogens is 500 g/mol. The van der Waals surface area contributed by atoms with Gasteiger partial charge in [0, 0.05) is 31.7 Å². The summed E-state index contributed by atoms with van der Waals surface area (Å²) in [7, 11) is 0. The van der Waals surface area contributed by atoms with Gasteiger partial charge in [0.15, 0.2) is 0 Å². The van der Waals surface area contributed by atoms with Crippen molar-refractivity contribution in [3.8, 4) is 6.07 Å². The molecule has 0 atom stereocenters. The number of hydrogen-bond acceptors (Lipinski definition) is 6. The molecule has 2 saturated heterocycles. The van der Waals surface area contributed by atoms with Gasteiger partial charge in [-0.05, 0) is 50.2 Å². The number of anilines is 1. The molecule has 1 aromatic rings. The quantitative estimate of drug-likeness (QED) is 0.168. The van der Waals surface area contributed by atoms with E-state index in [9.17, 15) is 14.9 Å². The molecular formula is C29H42N4O2S2. The monoisotopic (exact) mass is 542 g/mol. The lowest BCUT2D eigenvalue weighted by Crippen LogP contribution is -2.39. The molecule has 2 aliphatic heterocycles. The van der Waals surface area contributed by atoms with Crippen LogP contribution in [0.2, 0.25) is 0 Å². The number of pyridine rings is 1. The van der Waals surface area contributed by atoms with Gasteiger partial charge in [0.05, 0.1) is 4.91 Å². The van der Waals surface area contributed by atoms with E-state index in [1.807, 2.05) is 13.0 Å². The summed E-state index contributed by atoms with van der Waals surface area (Å²) in [4.78, 5) is 31.4. The Morgan fingerprint density at radius 2 is 1.68 bits per heavy atom. The summed E-state index contributed by atoms with van der Waals surface area (Å²) >= 11 is 6.93. The third-order valence-corrected chi connectivity index (χ3v) is 8.93. The van der Waals surface area contributed by atoms with Crippen LogP contribution in [0.5, 0.6) is 0 Å². The van der Waals surface area contributed by atoms with Gasteiger partial charge in [0.2, 0.25) is 0 Å². The molecule has 0 bridgehead atoms. The average molecular weight is 543 g/mol. The Morgan fingerprint density at radius 3 is 2.32 bits per heavy atom. The van der Waals surface area contributed by atoms with Gasteiger partial charge in [-0.15, -0.1) is 0 Å². The van der Waals surface area contributed by atoms with E-state index in [1.165, 1.54) is 37.4 Å². The van der Waals surface area contributed by atoms with Crippen LogP contribution in [0.25, 0.3) is 6.08 Å². The molecule has 37 heavy (non-hydrogen) atoms. The first-order chi connectivity index (χ1) is 17.8. The van der Waals surface area contributed by atoms with E-state index in [1.54, 1.807) is 9.47 Å². The van der Waals surface area contributed by atoms with E-state index in [4.69, 9.17) is 12.2 Å². The number of rotatable bonds is 12. The van der Waals surface area contributed by atoms with Crippen molar-refractivity contribution < 1.29 is 4.79 Å². The Kier molecular flexibility index (Phi) is 11.3. The predicted octanol–water partition coefficient (Wildman–Crippen LogP) is 6.63. The van der Waals surface area contributed by atoms with Crippen LogP contribution in [-0.4, -0.2) is 39.3 Å². The number of thiocarbonyl (C=S) groups is 1. The molecule has 0 aromatic carbocycles. The Labute approximate surface area is 232 Å². The van der Waals surface area contributed by atoms with Crippen molar-refractivity contribution in [1.29, 1.82) is 5.26 Å². The number of amides is 1. The number of thioether (sulfide) groups is 1. The minimum atomic E-state index is -0.227. The molecule has 3 rings (SSSR count). The van der Waals surface area contributed by atoms with E-state index >= 15 is 0 Å². The summed E-state index contributed by atoms with van der Waals surface area (Å²) in [5, 5.41) is 9.88. The predicted molar refractivity (Wildman–Crippen MR) is 159 cm³/mol. The van der Waals surface area contributed by atoms with Crippen LogP contribution in [0.4, 0.5) is 5.82 Å². The van der Waals surface area contributed by atoms with Crippen molar-refractivity contribution in [1.82, 2.24) is 9.47 Å². The molecule has 2 fully saturated rings. The number of piperidine rings is 1. The summed E-state index contributed by atoms with van der Waals surface area (Å²) in [6, 6.07) is 2.15. The van der Waals surface area contributed by atoms with Crippen molar-refractivity contribution >= 4 is 46.1 Å². The third-order valence-electron chi connectivity index (χ3n) is 7.55.